The van der Waals surface area contributed by atoms with Crippen LogP contribution in [-0.4, -0.2) is 80.1 Å². The SMILES string of the molecule is CCC(CC)C(CNC(=O)Cn1cc(S(=O)(=O)N(CC)CC)ccc1=O)N1CCOCC1. The third-order valence-electron chi connectivity index (χ3n) is 6.23. The first-order valence-electron chi connectivity index (χ1n) is 11.6. The van der Waals surface area contributed by atoms with E-state index in [1.807, 2.05) is 0 Å². The summed E-state index contributed by atoms with van der Waals surface area (Å²) in [5, 5.41) is 2.97. The Morgan fingerprint density at radius 3 is 2.31 bits per heavy atom. The van der Waals surface area contributed by atoms with Gasteiger partial charge in [-0.2, -0.15) is 4.31 Å². The minimum atomic E-state index is -3.71. The Kier molecular flexibility index (Phi) is 10.3. The Bertz CT molecular complexity index is 888. The molecule has 1 aromatic heterocycles. The fraction of sp³-hybridized carbons (Fsp3) is 0.727. The quantitative estimate of drug-likeness (QED) is 0.492. The Morgan fingerprint density at radius 1 is 1.12 bits per heavy atom. The van der Waals surface area contributed by atoms with Crippen molar-refractivity contribution in [3.8, 4) is 0 Å². The van der Waals surface area contributed by atoms with E-state index >= 15 is 0 Å². The molecule has 1 aliphatic heterocycles. The van der Waals surface area contributed by atoms with E-state index in [0.29, 0.717) is 38.8 Å². The van der Waals surface area contributed by atoms with Crippen LogP contribution >= 0.6 is 0 Å². The van der Waals surface area contributed by atoms with Gasteiger partial charge in [0, 0.05) is 51.0 Å². The van der Waals surface area contributed by atoms with E-state index in [1.165, 1.54) is 22.6 Å². The molecule has 1 amide bonds. The number of ether oxygens (including phenoxy) is 1. The van der Waals surface area contributed by atoms with Crippen molar-refractivity contribution in [1.82, 2.24) is 19.1 Å². The number of nitrogens with one attached hydrogen (secondary N) is 1. The largest absolute Gasteiger partial charge is 0.379 e. The molecule has 1 N–H and O–H groups in total. The molecule has 2 rings (SSSR count). The van der Waals surface area contributed by atoms with Crippen LogP contribution in [0, 0.1) is 5.92 Å². The summed E-state index contributed by atoms with van der Waals surface area (Å²) in [7, 11) is -3.71. The van der Waals surface area contributed by atoms with Gasteiger partial charge in [-0.05, 0) is 12.0 Å². The van der Waals surface area contributed by atoms with Crippen LogP contribution in [-0.2, 0) is 26.1 Å². The van der Waals surface area contributed by atoms with Gasteiger partial charge in [0.25, 0.3) is 5.56 Å². The number of rotatable bonds is 12. The third-order valence-corrected chi connectivity index (χ3v) is 8.26. The van der Waals surface area contributed by atoms with E-state index in [2.05, 4.69) is 24.1 Å². The van der Waals surface area contributed by atoms with Crippen molar-refractivity contribution in [3.05, 3.63) is 28.7 Å². The zero-order valence-electron chi connectivity index (χ0n) is 19.7. The molecule has 1 saturated heterocycles. The average Bonchev–Trinajstić information content (AvgIpc) is 2.79. The van der Waals surface area contributed by atoms with Crippen LogP contribution in [0.2, 0.25) is 0 Å². The smallest absolute Gasteiger partial charge is 0.251 e. The van der Waals surface area contributed by atoms with Gasteiger partial charge in [-0.3, -0.25) is 14.5 Å². The molecule has 0 spiro atoms. The third kappa shape index (κ3) is 6.63. The fourth-order valence-electron chi connectivity index (χ4n) is 4.26. The number of pyridine rings is 1. The molecule has 1 fully saturated rings. The second-order valence-corrected chi connectivity index (χ2v) is 9.95. The van der Waals surface area contributed by atoms with Crippen LogP contribution in [0.3, 0.4) is 0 Å². The summed E-state index contributed by atoms with van der Waals surface area (Å²) in [6.07, 6.45) is 3.29. The summed E-state index contributed by atoms with van der Waals surface area (Å²) < 4.78 is 33.5. The van der Waals surface area contributed by atoms with Crippen LogP contribution in [0.4, 0.5) is 0 Å². The minimum absolute atomic E-state index is 0.0109. The zero-order chi connectivity index (χ0) is 23.7. The van der Waals surface area contributed by atoms with Crippen molar-refractivity contribution < 1.29 is 17.9 Å². The van der Waals surface area contributed by atoms with Gasteiger partial charge < -0.3 is 14.6 Å². The van der Waals surface area contributed by atoms with Gasteiger partial charge in [0.1, 0.15) is 6.54 Å². The van der Waals surface area contributed by atoms with Gasteiger partial charge >= 0.3 is 0 Å². The molecule has 0 aromatic carbocycles. The summed E-state index contributed by atoms with van der Waals surface area (Å²) in [6, 6.07) is 2.69. The van der Waals surface area contributed by atoms with Gasteiger partial charge in [-0.1, -0.05) is 40.5 Å². The van der Waals surface area contributed by atoms with E-state index in [0.717, 1.165) is 30.5 Å². The first-order valence-corrected chi connectivity index (χ1v) is 13.0. The van der Waals surface area contributed by atoms with Crippen molar-refractivity contribution in [2.24, 2.45) is 5.92 Å². The summed E-state index contributed by atoms with van der Waals surface area (Å²) in [5.74, 6) is 0.132. The lowest BCUT2D eigenvalue weighted by molar-refractivity contribution is -0.122. The van der Waals surface area contributed by atoms with E-state index in [9.17, 15) is 18.0 Å². The highest BCUT2D eigenvalue weighted by atomic mass is 32.2. The molecular weight excluding hydrogens is 432 g/mol. The van der Waals surface area contributed by atoms with Crippen LogP contribution < -0.4 is 10.9 Å². The molecule has 10 heteroatoms. The lowest BCUT2D eigenvalue weighted by Gasteiger charge is -2.38. The Labute approximate surface area is 191 Å². The normalized spacial score (nSPS) is 16.4. The molecule has 0 bridgehead atoms. The molecule has 0 saturated carbocycles. The highest BCUT2D eigenvalue weighted by molar-refractivity contribution is 7.89. The molecule has 9 nitrogen and oxygen atoms in total. The molecule has 182 valence electrons. The second-order valence-electron chi connectivity index (χ2n) is 8.02. The highest BCUT2D eigenvalue weighted by Crippen LogP contribution is 2.19. The van der Waals surface area contributed by atoms with E-state index in [4.69, 9.17) is 4.74 Å². The minimum Gasteiger partial charge on any atom is -0.379 e. The molecule has 1 aliphatic rings. The number of carbonyl (C=O) groups excluding carboxylic acids is 1. The first kappa shape index (κ1) is 26.5. The van der Waals surface area contributed by atoms with Crippen LogP contribution in [0.1, 0.15) is 40.5 Å². The summed E-state index contributed by atoms with van der Waals surface area (Å²) >= 11 is 0. The van der Waals surface area contributed by atoms with Crippen LogP contribution in [0.15, 0.2) is 28.0 Å². The molecule has 1 aromatic rings. The standard InChI is InChI=1S/C22H38N4O5S/c1-5-18(6-2)20(24-11-13-31-14-12-24)15-23-21(27)17-25-16-19(9-10-22(25)28)32(29,30)26(7-3)8-4/h9-10,16,18,20H,5-8,11-15,17H2,1-4H3,(H,23,27). The van der Waals surface area contributed by atoms with Gasteiger partial charge in [-0.15, -0.1) is 0 Å². The van der Waals surface area contributed by atoms with E-state index < -0.39 is 15.6 Å². The molecule has 0 aliphatic carbocycles. The maximum absolute atomic E-state index is 12.8. The van der Waals surface area contributed by atoms with Gasteiger partial charge in [-0.25, -0.2) is 8.42 Å². The molecule has 2 heterocycles. The average molecular weight is 471 g/mol. The highest BCUT2D eigenvalue weighted by Gasteiger charge is 2.27. The number of hydrogen-bond donors (Lipinski definition) is 1. The maximum Gasteiger partial charge on any atom is 0.251 e. The predicted octanol–water partition coefficient (Wildman–Crippen LogP) is 1.13. The Morgan fingerprint density at radius 2 is 1.75 bits per heavy atom. The zero-order valence-corrected chi connectivity index (χ0v) is 20.6. The first-order chi connectivity index (χ1) is 15.3. The van der Waals surface area contributed by atoms with Gasteiger partial charge in [0.15, 0.2) is 0 Å². The molecule has 1 atom stereocenters. The maximum atomic E-state index is 12.8. The Balaban J connectivity index is 2.12. The molecule has 32 heavy (non-hydrogen) atoms. The summed E-state index contributed by atoms with van der Waals surface area (Å²) in [4.78, 5) is 27.3. The lowest BCUT2D eigenvalue weighted by atomic mass is 9.92. The predicted molar refractivity (Wildman–Crippen MR) is 124 cm³/mol. The van der Waals surface area contributed by atoms with Crippen molar-refractivity contribution in [2.45, 2.75) is 58.0 Å². The van der Waals surface area contributed by atoms with Crippen molar-refractivity contribution in [3.63, 3.8) is 0 Å². The topological polar surface area (TPSA) is 101 Å². The number of morpholine rings is 1. The Hall–Kier alpha value is -1.75. The molecule has 1 unspecified atom stereocenters. The number of aromatic nitrogens is 1. The molecular formula is C22H38N4O5S. The van der Waals surface area contributed by atoms with Crippen molar-refractivity contribution >= 4 is 15.9 Å². The van der Waals surface area contributed by atoms with Crippen molar-refractivity contribution in [1.29, 1.82) is 0 Å². The summed E-state index contributed by atoms with van der Waals surface area (Å²) in [6.45, 7) is 11.8. The number of carbonyl (C=O) groups is 1. The monoisotopic (exact) mass is 470 g/mol. The van der Waals surface area contributed by atoms with Crippen molar-refractivity contribution in [2.75, 3.05) is 45.9 Å². The van der Waals surface area contributed by atoms with E-state index in [-0.39, 0.29) is 23.4 Å². The number of sulfonamides is 1. The van der Waals surface area contributed by atoms with Crippen LogP contribution in [0.5, 0.6) is 0 Å². The lowest BCUT2D eigenvalue weighted by Crippen LogP contribution is -2.52. The number of nitrogens with zero attached hydrogens (tertiary/aromatic N) is 3. The van der Waals surface area contributed by atoms with Crippen LogP contribution in [0.25, 0.3) is 0 Å². The van der Waals surface area contributed by atoms with Gasteiger partial charge in [0.2, 0.25) is 15.9 Å². The summed E-state index contributed by atoms with van der Waals surface area (Å²) in [5.41, 5.74) is -0.414. The molecule has 0 radical (unpaired) electrons. The van der Waals surface area contributed by atoms with Gasteiger partial charge in [0.05, 0.1) is 18.1 Å². The second kappa shape index (κ2) is 12.5. The fourth-order valence-corrected chi connectivity index (χ4v) is 5.74. The number of hydrogen-bond acceptors (Lipinski definition) is 6. The van der Waals surface area contributed by atoms with E-state index in [1.54, 1.807) is 13.8 Å². The number of amides is 1.